The van der Waals surface area contributed by atoms with Gasteiger partial charge in [-0.1, -0.05) is 24.6 Å². The van der Waals surface area contributed by atoms with Gasteiger partial charge in [0.15, 0.2) is 0 Å². The normalized spacial score (nSPS) is 14.3. The monoisotopic (exact) mass is 238 g/mol. The molecular weight excluding hydrogens is 223 g/mol. The Morgan fingerprint density at radius 3 is 2.60 bits per heavy atom. The highest BCUT2D eigenvalue weighted by Gasteiger charge is 2.24. The van der Waals surface area contributed by atoms with E-state index in [0.29, 0.717) is 6.42 Å². The highest BCUT2D eigenvalue weighted by atomic mass is 31.2. The van der Waals surface area contributed by atoms with Gasteiger partial charge in [0.05, 0.1) is 6.61 Å². The lowest BCUT2D eigenvalue weighted by Crippen LogP contribution is -2.06. The third kappa shape index (κ3) is 7.27. The lowest BCUT2D eigenvalue weighted by atomic mass is 10.4. The van der Waals surface area contributed by atoms with Crippen LogP contribution in [0.2, 0.25) is 0 Å². The molecule has 0 fully saturated rings. The smallest absolute Gasteiger partial charge is 0.300 e. The molecule has 88 valence electrons. The maximum atomic E-state index is 11.0. The average Bonchev–Trinajstić information content (AvgIpc) is 2.14. The molecule has 0 saturated carbocycles. The van der Waals surface area contributed by atoms with E-state index in [1.807, 2.05) is 6.92 Å². The molecule has 0 aromatic heterocycles. The molecule has 7 heteroatoms. The van der Waals surface area contributed by atoms with Crippen molar-refractivity contribution in [3.05, 3.63) is 12.2 Å². The van der Waals surface area contributed by atoms with E-state index >= 15 is 0 Å². The fourth-order valence-corrected chi connectivity index (χ4v) is 1.06. The molecule has 0 saturated heterocycles. The van der Waals surface area contributed by atoms with Crippen LogP contribution >= 0.6 is 7.82 Å². The van der Waals surface area contributed by atoms with Crippen molar-refractivity contribution in [1.82, 2.24) is 0 Å². The molecule has 0 aliphatic heterocycles. The Bertz CT molecular complexity index is 274. The molecule has 0 aromatic rings. The van der Waals surface area contributed by atoms with Crippen molar-refractivity contribution < 1.29 is 28.3 Å². The van der Waals surface area contributed by atoms with Crippen LogP contribution in [0.1, 0.15) is 26.7 Å². The molecule has 15 heavy (non-hydrogen) atoms. The summed E-state index contributed by atoms with van der Waals surface area (Å²) in [5.74, 6) is -0.914. The lowest BCUT2D eigenvalue weighted by molar-refractivity contribution is -0.218. The van der Waals surface area contributed by atoms with Crippen molar-refractivity contribution in [3.63, 3.8) is 0 Å². The number of unbranched alkanes of at least 4 members (excludes halogenated alkanes) is 1. The summed E-state index contributed by atoms with van der Waals surface area (Å²) in [6.45, 7) is 6.61. The summed E-state index contributed by atoms with van der Waals surface area (Å²) in [5, 5.41) is 0. The number of phosphoric acid groups is 1. The Kier molecular flexibility index (Phi) is 6.43. The van der Waals surface area contributed by atoms with Crippen LogP contribution in [0.4, 0.5) is 0 Å². The minimum absolute atomic E-state index is 0.0589. The summed E-state index contributed by atoms with van der Waals surface area (Å²) in [7, 11) is -4.30. The third-order valence-electron chi connectivity index (χ3n) is 1.31. The first kappa shape index (κ1) is 14.3. The highest BCUT2D eigenvalue weighted by Crippen LogP contribution is 2.43. The van der Waals surface area contributed by atoms with Gasteiger partial charge >= 0.3 is 13.8 Å². The standard InChI is InChI=1S/C8H15O6P/c1-4-5-6-12-15(10,11)14-13-8(9)7(2)3/h2,4-6H2,1,3H3,(H,10,11). The number of hydrogen-bond donors (Lipinski definition) is 1. The molecule has 0 spiro atoms. The molecule has 1 atom stereocenters. The molecular formula is C8H15O6P. The van der Waals surface area contributed by atoms with Crippen molar-refractivity contribution in [1.29, 1.82) is 0 Å². The Morgan fingerprint density at radius 1 is 1.53 bits per heavy atom. The summed E-state index contributed by atoms with van der Waals surface area (Å²) < 4.78 is 19.5. The summed E-state index contributed by atoms with van der Waals surface area (Å²) in [6, 6.07) is 0. The van der Waals surface area contributed by atoms with E-state index in [4.69, 9.17) is 4.89 Å². The second-order valence-electron chi connectivity index (χ2n) is 2.88. The van der Waals surface area contributed by atoms with Crippen LogP contribution in [0.5, 0.6) is 0 Å². The predicted octanol–water partition coefficient (Wildman–Crippen LogP) is 1.95. The van der Waals surface area contributed by atoms with Crippen LogP contribution in [0.25, 0.3) is 0 Å². The highest BCUT2D eigenvalue weighted by molar-refractivity contribution is 7.47. The minimum Gasteiger partial charge on any atom is -0.300 e. The van der Waals surface area contributed by atoms with Gasteiger partial charge in [-0.25, -0.2) is 9.36 Å². The Hall–Kier alpha value is -0.680. The molecule has 0 heterocycles. The van der Waals surface area contributed by atoms with E-state index in [-0.39, 0.29) is 12.2 Å². The summed E-state index contributed by atoms with van der Waals surface area (Å²) in [4.78, 5) is 23.8. The van der Waals surface area contributed by atoms with Crippen molar-refractivity contribution >= 4 is 13.8 Å². The van der Waals surface area contributed by atoms with Crippen LogP contribution in [-0.4, -0.2) is 17.5 Å². The molecule has 1 unspecified atom stereocenters. The van der Waals surface area contributed by atoms with Gasteiger partial charge in [0, 0.05) is 5.57 Å². The zero-order valence-electron chi connectivity index (χ0n) is 8.76. The second-order valence-corrected chi connectivity index (χ2v) is 4.23. The molecule has 0 bridgehead atoms. The Balaban J connectivity index is 3.88. The fraction of sp³-hybridized carbons (Fsp3) is 0.625. The lowest BCUT2D eigenvalue weighted by Gasteiger charge is -2.09. The second kappa shape index (κ2) is 6.74. The first-order chi connectivity index (χ1) is 6.89. The quantitative estimate of drug-likeness (QED) is 0.240. The Morgan fingerprint density at radius 2 is 2.13 bits per heavy atom. The number of hydrogen-bond acceptors (Lipinski definition) is 5. The van der Waals surface area contributed by atoms with Crippen molar-refractivity contribution in [2.24, 2.45) is 0 Å². The topological polar surface area (TPSA) is 82.1 Å². The number of carbonyl (C=O) groups is 1. The first-order valence-electron chi connectivity index (χ1n) is 4.42. The van der Waals surface area contributed by atoms with Gasteiger partial charge in [0.1, 0.15) is 0 Å². The van der Waals surface area contributed by atoms with E-state index in [2.05, 4.69) is 20.7 Å². The largest absolute Gasteiger partial charge is 0.508 e. The van der Waals surface area contributed by atoms with Crippen LogP contribution in [-0.2, 0) is 23.4 Å². The van der Waals surface area contributed by atoms with Gasteiger partial charge in [-0.15, -0.1) is 0 Å². The van der Waals surface area contributed by atoms with Crippen LogP contribution in [0, 0.1) is 0 Å². The third-order valence-corrected chi connectivity index (χ3v) is 2.08. The van der Waals surface area contributed by atoms with E-state index in [1.54, 1.807) is 0 Å². The van der Waals surface area contributed by atoms with E-state index in [1.165, 1.54) is 6.92 Å². The summed E-state index contributed by atoms with van der Waals surface area (Å²) in [6.07, 6.45) is 1.42. The van der Waals surface area contributed by atoms with Crippen molar-refractivity contribution in [2.45, 2.75) is 26.7 Å². The molecule has 0 rings (SSSR count). The zero-order chi connectivity index (χ0) is 11.9. The maximum absolute atomic E-state index is 11.0. The minimum atomic E-state index is -4.30. The van der Waals surface area contributed by atoms with Gasteiger partial charge in [-0.05, 0) is 13.3 Å². The summed E-state index contributed by atoms with van der Waals surface area (Å²) >= 11 is 0. The number of carbonyl (C=O) groups excluding carboxylic acids is 1. The molecule has 0 aliphatic rings. The van der Waals surface area contributed by atoms with Crippen molar-refractivity contribution in [2.75, 3.05) is 6.61 Å². The SMILES string of the molecule is C=C(C)C(=O)OOP(=O)(O)OCCCC. The zero-order valence-corrected chi connectivity index (χ0v) is 9.66. The van der Waals surface area contributed by atoms with Crippen LogP contribution in [0.3, 0.4) is 0 Å². The van der Waals surface area contributed by atoms with Gasteiger partial charge in [-0.3, -0.25) is 9.41 Å². The van der Waals surface area contributed by atoms with Gasteiger partial charge in [0.2, 0.25) is 0 Å². The molecule has 0 aliphatic carbocycles. The van der Waals surface area contributed by atoms with Crippen LogP contribution in [0.15, 0.2) is 12.2 Å². The molecule has 1 N–H and O–H groups in total. The van der Waals surface area contributed by atoms with Crippen LogP contribution < -0.4 is 0 Å². The molecule has 0 aromatic carbocycles. The fourth-order valence-electron chi connectivity index (χ4n) is 0.498. The molecule has 0 amide bonds. The molecule has 0 radical (unpaired) electrons. The molecule has 6 nitrogen and oxygen atoms in total. The Labute approximate surface area is 88.4 Å². The van der Waals surface area contributed by atoms with E-state index in [0.717, 1.165) is 6.42 Å². The maximum Gasteiger partial charge on any atom is 0.508 e. The van der Waals surface area contributed by atoms with Crippen molar-refractivity contribution in [3.8, 4) is 0 Å². The van der Waals surface area contributed by atoms with Gasteiger partial charge in [0.25, 0.3) is 0 Å². The van der Waals surface area contributed by atoms with Gasteiger partial charge < -0.3 is 4.89 Å². The average molecular weight is 238 g/mol. The first-order valence-corrected chi connectivity index (χ1v) is 5.92. The number of phosphoric ester groups is 1. The predicted molar refractivity (Wildman–Crippen MR) is 52.7 cm³/mol. The van der Waals surface area contributed by atoms with E-state index < -0.39 is 13.8 Å². The van der Waals surface area contributed by atoms with E-state index in [9.17, 15) is 9.36 Å². The summed E-state index contributed by atoms with van der Waals surface area (Å²) in [5.41, 5.74) is 0.0589. The van der Waals surface area contributed by atoms with Gasteiger partial charge in [-0.2, -0.15) is 0 Å². The number of rotatable bonds is 7.